The van der Waals surface area contributed by atoms with Gasteiger partial charge >= 0.3 is 12.5 Å². The highest BCUT2D eigenvalue weighted by atomic mass is 19.3. The average molecular weight is 470 g/mol. The lowest BCUT2D eigenvalue weighted by molar-refractivity contribution is -0.138. The van der Waals surface area contributed by atoms with E-state index in [2.05, 4.69) is 22.1 Å². The summed E-state index contributed by atoms with van der Waals surface area (Å²) < 4.78 is 40.9. The van der Waals surface area contributed by atoms with Gasteiger partial charge in [-0.25, -0.2) is 9.97 Å². The number of pyridine rings is 2. The number of aryl methyl sites for hydroxylation is 1. The van der Waals surface area contributed by atoms with Crippen molar-refractivity contribution in [2.75, 3.05) is 4.90 Å². The summed E-state index contributed by atoms with van der Waals surface area (Å²) in [7, 11) is 0. The van der Waals surface area contributed by atoms with Gasteiger partial charge in [-0.1, -0.05) is 24.3 Å². The summed E-state index contributed by atoms with van der Waals surface area (Å²) in [6.45, 7) is -1.39. The predicted octanol–water partition coefficient (Wildman–Crippen LogP) is 6.70. The Hall–Kier alpha value is -3.42. The summed E-state index contributed by atoms with van der Waals surface area (Å²) in [5.74, 6) is -0.722. The molecule has 2 heterocycles. The number of hydrogen-bond donors (Lipinski definition) is 1. The fourth-order valence-corrected chi connectivity index (χ4v) is 4.70. The highest BCUT2D eigenvalue weighted by Gasteiger charge is 2.25. The van der Waals surface area contributed by atoms with Crippen LogP contribution < -0.4 is 4.90 Å². The Morgan fingerprint density at radius 2 is 1.71 bits per heavy atom. The van der Waals surface area contributed by atoms with Crippen molar-refractivity contribution in [3.8, 4) is 11.1 Å². The third-order valence-electron chi connectivity index (χ3n) is 6.50. The molecule has 0 amide bonds. The number of alkyl halides is 2. The molecule has 3 aromatic rings. The molecule has 0 radical (unpaired) electrons. The number of aromatic nitrogens is 2. The lowest BCUT2D eigenvalue weighted by atomic mass is 9.77. The molecule has 4 rings (SSSR count). The van der Waals surface area contributed by atoms with E-state index in [0.29, 0.717) is 5.92 Å². The van der Waals surface area contributed by atoms with E-state index in [0.717, 1.165) is 47.8 Å². The average Bonchev–Trinajstić information content (AvgIpc) is 2.81. The van der Waals surface area contributed by atoms with Gasteiger partial charge in [-0.15, -0.1) is 0 Å². The molecule has 0 saturated heterocycles. The first-order valence-electron chi connectivity index (χ1n) is 11.3. The van der Waals surface area contributed by atoms with E-state index in [1.165, 1.54) is 24.6 Å². The maximum atomic E-state index is 13.8. The predicted molar refractivity (Wildman–Crippen MR) is 124 cm³/mol. The minimum Gasteiger partial charge on any atom is -0.481 e. The van der Waals surface area contributed by atoms with Gasteiger partial charge < -0.3 is 5.11 Å². The minimum absolute atomic E-state index is 0.0463. The van der Waals surface area contributed by atoms with Crippen molar-refractivity contribution >= 4 is 17.5 Å². The largest absolute Gasteiger partial charge is 0.481 e. The van der Waals surface area contributed by atoms with Gasteiger partial charge in [0.25, 0.3) is 0 Å². The number of carboxylic acid groups (broad SMARTS) is 1. The van der Waals surface area contributed by atoms with Gasteiger partial charge in [0.05, 0.1) is 11.4 Å². The van der Waals surface area contributed by atoms with Crippen molar-refractivity contribution < 1.29 is 23.1 Å². The van der Waals surface area contributed by atoms with Gasteiger partial charge in [-0.3, -0.25) is 9.69 Å². The first-order chi connectivity index (χ1) is 16.3. The van der Waals surface area contributed by atoms with E-state index in [-0.39, 0.29) is 29.5 Å². The molecule has 1 aromatic carbocycles. The summed E-state index contributed by atoms with van der Waals surface area (Å²) in [5, 5.41) is 8.98. The second-order valence-electron chi connectivity index (χ2n) is 8.73. The number of carbonyl (C=O) groups is 1. The smallest absolute Gasteiger partial charge is 0.320 e. The molecule has 8 heteroatoms. The number of rotatable bonds is 7. The molecule has 5 nitrogen and oxygen atoms in total. The molecule has 1 fully saturated rings. The number of anilines is 2. The van der Waals surface area contributed by atoms with Gasteiger partial charge in [-0.05, 0) is 79.8 Å². The third kappa shape index (κ3) is 5.38. The van der Waals surface area contributed by atoms with Gasteiger partial charge in [0.15, 0.2) is 0 Å². The number of aliphatic carboxylic acids is 1. The van der Waals surface area contributed by atoms with Crippen LogP contribution in [-0.4, -0.2) is 27.6 Å². The van der Waals surface area contributed by atoms with Crippen molar-refractivity contribution in [1.82, 2.24) is 9.97 Å². The lowest BCUT2D eigenvalue weighted by Crippen LogP contribution is -2.25. The fourth-order valence-electron chi connectivity index (χ4n) is 4.70. The Balaban J connectivity index is 1.47. The van der Waals surface area contributed by atoms with Crippen LogP contribution in [0.3, 0.4) is 0 Å². The van der Waals surface area contributed by atoms with E-state index in [4.69, 9.17) is 5.11 Å². The van der Waals surface area contributed by atoms with Gasteiger partial charge in [0.2, 0.25) is 5.95 Å². The molecule has 178 valence electrons. The normalized spacial score (nSPS) is 18.1. The third-order valence-corrected chi connectivity index (χ3v) is 6.50. The molecule has 1 aliphatic carbocycles. The van der Waals surface area contributed by atoms with E-state index in [1.807, 2.05) is 12.1 Å². The van der Waals surface area contributed by atoms with Crippen LogP contribution in [0.25, 0.3) is 11.1 Å². The maximum Gasteiger partial charge on any atom is 0.320 e. The van der Waals surface area contributed by atoms with Crippen LogP contribution in [0.5, 0.6) is 0 Å². The van der Waals surface area contributed by atoms with Crippen LogP contribution >= 0.6 is 0 Å². The topological polar surface area (TPSA) is 66.3 Å². The van der Waals surface area contributed by atoms with Crippen LogP contribution in [0.1, 0.15) is 49.3 Å². The van der Waals surface area contributed by atoms with Crippen molar-refractivity contribution in [1.29, 1.82) is 0 Å². The van der Waals surface area contributed by atoms with Crippen LogP contribution in [0.2, 0.25) is 0 Å². The Morgan fingerprint density at radius 3 is 2.26 bits per heavy atom. The monoisotopic (exact) mass is 469 g/mol. The zero-order chi connectivity index (χ0) is 24.2. The van der Waals surface area contributed by atoms with Crippen LogP contribution in [0, 0.1) is 18.8 Å². The molecule has 1 aliphatic rings. The molecule has 2 aromatic heterocycles. The van der Waals surface area contributed by atoms with Crippen LogP contribution in [0.15, 0.2) is 54.7 Å². The molecule has 0 bridgehead atoms. The Labute approximate surface area is 196 Å². The van der Waals surface area contributed by atoms with Gasteiger partial charge in [0.1, 0.15) is 5.82 Å². The molecule has 0 spiro atoms. The quantitative estimate of drug-likeness (QED) is 0.308. The van der Waals surface area contributed by atoms with Crippen molar-refractivity contribution in [2.45, 2.75) is 51.5 Å². The number of nitrogens with zero attached hydrogens (tertiary/aromatic N) is 3. The number of carboxylic acids is 1. The number of benzene rings is 1. The Kier molecular flexibility index (Phi) is 7.14. The second-order valence-corrected chi connectivity index (χ2v) is 8.73. The Bertz CT molecular complexity index is 1130. The van der Waals surface area contributed by atoms with E-state index < -0.39 is 18.5 Å². The molecule has 1 N–H and O–H groups in total. The highest BCUT2D eigenvalue weighted by molar-refractivity contribution is 5.68. The molecule has 0 unspecified atom stereocenters. The van der Waals surface area contributed by atoms with Crippen molar-refractivity contribution in [3.63, 3.8) is 0 Å². The van der Waals surface area contributed by atoms with E-state index in [1.54, 1.807) is 12.3 Å². The standard InChI is InChI=1S/C26H26F3N3O2/c1-16-22(11-12-23(27)31-16)32(26(28)29)24-13-10-21(15-30-24)20-8-6-19(7-9-20)18-4-2-17(3-5-18)14-25(33)34/h6-13,15,17-18,26H,2-5,14H2,1H3,(H,33,34). The van der Waals surface area contributed by atoms with Gasteiger partial charge in [0, 0.05) is 18.2 Å². The summed E-state index contributed by atoms with van der Waals surface area (Å²) in [4.78, 5) is 19.5. The maximum absolute atomic E-state index is 13.8. The number of halogens is 3. The SMILES string of the molecule is Cc1nc(F)ccc1N(c1ccc(-c2ccc(C3CCC(CC(=O)O)CC3)cc2)cn1)C(F)F. The second kappa shape index (κ2) is 10.2. The zero-order valence-corrected chi connectivity index (χ0v) is 18.8. The van der Waals surface area contributed by atoms with Crippen LogP contribution in [0.4, 0.5) is 24.7 Å². The van der Waals surface area contributed by atoms with E-state index >= 15 is 0 Å². The van der Waals surface area contributed by atoms with Gasteiger partial charge in [-0.2, -0.15) is 13.2 Å². The van der Waals surface area contributed by atoms with E-state index in [9.17, 15) is 18.0 Å². The summed E-state index contributed by atoms with van der Waals surface area (Å²) in [6, 6.07) is 13.7. The molecule has 0 aliphatic heterocycles. The lowest BCUT2D eigenvalue weighted by Gasteiger charge is -2.28. The molecule has 1 saturated carbocycles. The summed E-state index contributed by atoms with van der Waals surface area (Å²) >= 11 is 0. The first-order valence-corrected chi connectivity index (χ1v) is 11.3. The summed E-state index contributed by atoms with van der Waals surface area (Å²) in [6.07, 6.45) is 5.60. The van der Waals surface area contributed by atoms with Crippen molar-refractivity contribution in [3.05, 3.63) is 71.9 Å². The minimum atomic E-state index is -2.87. The van der Waals surface area contributed by atoms with Crippen LogP contribution in [-0.2, 0) is 4.79 Å². The number of hydrogen-bond acceptors (Lipinski definition) is 4. The molecule has 34 heavy (non-hydrogen) atoms. The van der Waals surface area contributed by atoms with Crippen molar-refractivity contribution in [2.24, 2.45) is 5.92 Å². The first kappa shape index (κ1) is 23.7. The molecular weight excluding hydrogens is 443 g/mol. The summed E-state index contributed by atoms with van der Waals surface area (Å²) in [5.41, 5.74) is 3.19. The highest BCUT2D eigenvalue weighted by Crippen LogP contribution is 2.38. The Morgan fingerprint density at radius 1 is 1.03 bits per heavy atom. The fraction of sp³-hybridized carbons (Fsp3) is 0.346. The molecule has 0 atom stereocenters. The molecular formula is C26H26F3N3O2. The zero-order valence-electron chi connectivity index (χ0n) is 18.8.